The Morgan fingerprint density at radius 3 is 2.00 bits per heavy atom. The number of aryl methyl sites for hydroxylation is 1. The highest BCUT2D eigenvalue weighted by molar-refractivity contribution is 5.45. The molecule has 2 aromatic carbocycles. The standard InChI is InChI=1S/C15H16O2.C2H6/c1-2-11-7-5-8-13(15(11)17)10-12-6-3-4-9-14(12)16;1-2/h3-9,16-17H,2,10H2,1H3;1-2H3. The molecule has 0 amide bonds. The first-order valence-electron chi connectivity index (χ1n) is 6.79. The smallest absolute Gasteiger partial charge is 0.122 e. The van der Waals surface area contributed by atoms with Crippen LogP contribution >= 0.6 is 0 Å². The van der Waals surface area contributed by atoms with Crippen LogP contribution in [0.2, 0.25) is 0 Å². The molecule has 2 N–H and O–H groups in total. The van der Waals surface area contributed by atoms with E-state index in [4.69, 9.17) is 0 Å². The Morgan fingerprint density at radius 1 is 0.789 bits per heavy atom. The average Bonchev–Trinajstić information content (AvgIpc) is 2.46. The molecule has 2 nitrogen and oxygen atoms in total. The van der Waals surface area contributed by atoms with Crippen molar-refractivity contribution in [2.24, 2.45) is 0 Å². The Labute approximate surface area is 115 Å². The van der Waals surface area contributed by atoms with Gasteiger partial charge < -0.3 is 10.2 Å². The van der Waals surface area contributed by atoms with Crippen molar-refractivity contribution in [1.82, 2.24) is 0 Å². The lowest BCUT2D eigenvalue weighted by Crippen LogP contribution is -1.92. The van der Waals surface area contributed by atoms with Gasteiger partial charge in [0.15, 0.2) is 0 Å². The van der Waals surface area contributed by atoms with Crippen LogP contribution in [0.4, 0.5) is 0 Å². The van der Waals surface area contributed by atoms with Gasteiger partial charge in [-0.15, -0.1) is 0 Å². The lowest BCUT2D eigenvalue weighted by Gasteiger charge is -2.09. The summed E-state index contributed by atoms with van der Waals surface area (Å²) in [7, 11) is 0. The molecule has 2 rings (SSSR count). The van der Waals surface area contributed by atoms with Gasteiger partial charge in [0.25, 0.3) is 0 Å². The van der Waals surface area contributed by atoms with Gasteiger partial charge in [-0.2, -0.15) is 0 Å². The van der Waals surface area contributed by atoms with Gasteiger partial charge in [0, 0.05) is 6.42 Å². The van der Waals surface area contributed by atoms with Gasteiger partial charge >= 0.3 is 0 Å². The minimum Gasteiger partial charge on any atom is -0.508 e. The second-order valence-electron chi connectivity index (χ2n) is 4.08. The number of hydrogen-bond donors (Lipinski definition) is 2. The van der Waals surface area contributed by atoms with Crippen LogP contribution in [-0.2, 0) is 12.8 Å². The number of para-hydroxylation sites is 2. The van der Waals surface area contributed by atoms with E-state index in [1.165, 1.54) is 0 Å². The Bertz CT molecular complexity index is 518. The second-order valence-corrected chi connectivity index (χ2v) is 4.08. The molecule has 0 bridgehead atoms. The van der Waals surface area contributed by atoms with E-state index in [2.05, 4.69) is 0 Å². The zero-order valence-corrected chi connectivity index (χ0v) is 11.9. The van der Waals surface area contributed by atoms with E-state index in [1.54, 1.807) is 12.1 Å². The Balaban J connectivity index is 0.000000861. The van der Waals surface area contributed by atoms with Crippen LogP contribution < -0.4 is 0 Å². The van der Waals surface area contributed by atoms with Crippen molar-refractivity contribution in [1.29, 1.82) is 0 Å². The van der Waals surface area contributed by atoms with Crippen molar-refractivity contribution in [3.05, 3.63) is 59.2 Å². The van der Waals surface area contributed by atoms with Gasteiger partial charge in [-0.3, -0.25) is 0 Å². The first kappa shape index (κ1) is 15.1. The second kappa shape index (κ2) is 7.47. The minimum absolute atomic E-state index is 0.272. The quantitative estimate of drug-likeness (QED) is 0.862. The van der Waals surface area contributed by atoms with Crippen LogP contribution in [0.25, 0.3) is 0 Å². The topological polar surface area (TPSA) is 40.5 Å². The van der Waals surface area contributed by atoms with Gasteiger partial charge in [-0.05, 0) is 29.2 Å². The summed E-state index contributed by atoms with van der Waals surface area (Å²) >= 11 is 0. The van der Waals surface area contributed by atoms with Crippen molar-refractivity contribution >= 4 is 0 Å². The molecule has 0 saturated carbocycles. The van der Waals surface area contributed by atoms with E-state index in [9.17, 15) is 10.2 Å². The van der Waals surface area contributed by atoms with Crippen molar-refractivity contribution < 1.29 is 10.2 Å². The number of phenols is 2. The summed E-state index contributed by atoms with van der Waals surface area (Å²) in [5, 5.41) is 19.8. The van der Waals surface area contributed by atoms with Crippen LogP contribution in [-0.4, -0.2) is 10.2 Å². The highest BCUT2D eigenvalue weighted by atomic mass is 16.3. The molecule has 0 aliphatic carbocycles. The van der Waals surface area contributed by atoms with E-state index in [0.29, 0.717) is 12.2 Å². The summed E-state index contributed by atoms with van der Waals surface area (Å²) in [4.78, 5) is 0. The molecule has 0 heterocycles. The van der Waals surface area contributed by atoms with Gasteiger partial charge in [0.2, 0.25) is 0 Å². The lowest BCUT2D eigenvalue weighted by molar-refractivity contribution is 0.459. The molecule has 0 aliphatic heterocycles. The summed E-state index contributed by atoms with van der Waals surface area (Å²) < 4.78 is 0. The first-order valence-corrected chi connectivity index (χ1v) is 6.79. The van der Waals surface area contributed by atoms with E-state index in [-0.39, 0.29) is 5.75 Å². The molecule has 0 radical (unpaired) electrons. The minimum atomic E-state index is 0.272. The number of rotatable bonds is 3. The third-order valence-electron chi connectivity index (χ3n) is 2.96. The van der Waals surface area contributed by atoms with Gasteiger partial charge in [0.1, 0.15) is 11.5 Å². The molecule has 0 fully saturated rings. The molecule has 0 aromatic heterocycles. The van der Waals surface area contributed by atoms with E-state index < -0.39 is 0 Å². The summed E-state index contributed by atoms with van der Waals surface area (Å²) in [6.07, 6.45) is 1.35. The summed E-state index contributed by atoms with van der Waals surface area (Å²) in [5.41, 5.74) is 2.62. The van der Waals surface area contributed by atoms with Crippen molar-refractivity contribution in [3.8, 4) is 11.5 Å². The number of hydrogen-bond acceptors (Lipinski definition) is 2. The molecule has 2 heteroatoms. The molecule has 0 aliphatic rings. The van der Waals surface area contributed by atoms with E-state index >= 15 is 0 Å². The maximum atomic E-state index is 10.1. The van der Waals surface area contributed by atoms with E-state index in [0.717, 1.165) is 23.1 Å². The van der Waals surface area contributed by atoms with Crippen LogP contribution in [0.5, 0.6) is 11.5 Å². The zero-order chi connectivity index (χ0) is 14.3. The molecular weight excluding hydrogens is 236 g/mol. The normalized spacial score (nSPS) is 9.63. The summed E-state index contributed by atoms with van der Waals surface area (Å²) in [6, 6.07) is 13.0. The van der Waals surface area contributed by atoms with Crippen molar-refractivity contribution in [2.75, 3.05) is 0 Å². The van der Waals surface area contributed by atoms with Gasteiger partial charge in [-0.1, -0.05) is 57.2 Å². The Hall–Kier alpha value is -1.96. The first-order chi connectivity index (χ1) is 9.22. The van der Waals surface area contributed by atoms with Crippen molar-refractivity contribution in [2.45, 2.75) is 33.6 Å². The largest absolute Gasteiger partial charge is 0.508 e. The average molecular weight is 258 g/mol. The van der Waals surface area contributed by atoms with E-state index in [1.807, 2.05) is 51.1 Å². The van der Waals surface area contributed by atoms with Gasteiger partial charge in [0.05, 0.1) is 0 Å². The van der Waals surface area contributed by atoms with Gasteiger partial charge in [-0.25, -0.2) is 0 Å². The van der Waals surface area contributed by atoms with Crippen LogP contribution in [0.3, 0.4) is 0 Å². The Morgan fingerprint density at radius 2 is 1.37 bits per heavy atom. The molecule has 19 heavy (non-hydrogen) atoms. The third kappa shape index (κ3) is 3.75. The fourth-order valence-electron chi connectivity index (χ4n) is 1.94. The number of phenolic OH excluding ortho intramolecular Hbond substituents is 2. The fourth-order valence-corrected chi connectivity index (χ4v) is 1.94. The van der Waals surface area contributed by atoms with Crippen molar-refractivity contribution in [3.63, 3.8) is 0 Å². The van der Waals surface area contributed by atoms with Crippen LogP contribution in [0.1, 0.15) is 37.5 Å². The van der Waals surface area contributed by atoms with Crippen LogP contribution in [0, 0.1) is 0 Å². The highest BCUT2D eigenvalue weighted by Crippen LogP contribution is 2.27. The molecular formula is C17H22O2. The molecule has 0 unspecified atom stereocenters. The van der Waals surface area contributed by atoms with Crippen LogP contribution in [0.15, 0.2) is 42.5 Å². The predicted octanol–water partition coefficient (Wildman–Crippen LogP) is 4.28. The third-order valence-corrected chi connectivity index (χ3v) is 2.96. The molecule has 2 aromatic rings. The maximum Gasteiger partial charge on any atom is 0.122 e. The Kier molecular flexibility index (Phi) is 5.94. The maximum absolute atomic E-state index is 10.1. The lowest BCUT2D eigenvalue weighted by atomic mass is 10.00. The number of benzene rings is 2. The SMILES string of the molecule is CC.CCc1cccc(Cc2ccccc2O)c1O. The summed E-state index contributed by atoms with van der Waals surface area (Å²) in [6.45, 7) is 6.01. The highest BCUT2D eigenvalue weighted by Gasteiger charge is 2.08. The molecule has 0 spiro atoms. The molecule has 0 saturated heterocycles. The molecule has 0 atom stereocenters. The summed E-state index contributed by atoms with van der Waals surface area (Å²) in [5.74, 6) is 0.618. The molecule has 102 valence electrons. The zero-order valence-electron chi connectivity index (χ0n) is 11.9. The monoisotopic (exact) mass is 258 g/mol. The number of aromatic hydroxyl groups is 2. The predicted molar refractivity (Wildman–Crippen MR) is 79.7 cm³/mol. The fraction of sp³-hybridized carbons (Fsp3) is 0.294.